The second-order valence-electron chi connectivity index (χ2n) is 7.56. The molecule has 0 aromatic carbocycles. The molecule has 9 heteroatoms. The predicted octanol–water partition coefficient (Wildman–Crippen LogP) is 1.29. The van der Waals surface area contributed by atoms with Gasteiger partial charge in [0.05, 0.1) is 25.4 Å². The van der Waals surface area contributed by atoms with E-state index in [9.17, 15) is 18.4 Å². The second kappa shape index (κ2) is 6.70. The van der Waals surface area contributed by atoms with Crippen LogP contribution < -0.4 is 15.0 Å². The van der Waals surface area contributed by atoms with Gasteiger partial charge in [-0.3, -0.25) is 14.5 Å². The topological polar surface area (TPSA) is 74.8 Å². The highest BCUT2D eigenvalue weighted by atomic mass is 19.3. The van der Waals surface area contributed by atoms with Crippen LogP contribution in [0.3, 0.4) is 0 Å². The molecule has 2 saturated heterocycles. The maximum atomic E-state index is 13.3. The first-order valence-corrected chi connectivity index (χ1v) is 9.13. The van der Waals surface area contributed by atoms with E-state index in [1.54, 1.807) is 24.1 Å². The fourth-order valence-corrected chi connectivity index (χ4v) is 3.29. The molecule has 1 aromatic heterocycles. The summed E-state index contributed by atoms with van der Waals surface area (Å²) in [6.07, 6.45) is 1.88. The molecule has 3 aliphatic rings. The van der Waals surface area contributed by atoms with E-state index in [4.69, 9.17) is 4.74 Å². The van der Waals surface area contributed by atoms with Crippen molar-refractivity contribution >= 4 is 17.4 Å². The van der Waals surface area contributed by atoms with Crippen LogP contribution in [0.15, 0.2) is 12.1 Å². The predicted molar refractivity (Wildman–Crippen MR) is 93.1 cm³/mol. The molecule has 1 unspecified atom stereocenters. The van der Waals surface area contributed by atoms with Gasteiger partial charge in [-0.05, 0) is 31.9 Å². The summed E-state index contributed by atoms with van der Waals surface area (Å²) in [6, 6.07) is 3.18. The molecule has 27 heavy (non-hydrogen) atoms. The Hall–Kier alpha value is -2.29. The third-order valence-electron chi connectivity index (χ3n) is 5.14. The van der Waals surface area contributed by atoms with Crippen molar-refractivity contribution in [2.24, 2.45) is 5.92 Å². The van der Waals surface area contributed by atoms with Gasteiger partial charge in [-0.15, -0.1) is 0 Å². The van der Waals surface area contributed by atoms with Crippen LogP contribution in [0, 0.1) is 5.92 Å². The molecule has 7 nitrogen and oxygen atoms in total. The van der Waals surface area contributed by atoms with Gasteiger partial charge >= 0.3 is 0 Å². The van der Waals surface area contributed by atoms with Crippen LogP contribution in [0.2, 0.25) is 0 Å². The largest absolute Gasteiger partial charge is 0.477 e. The number of ether oxygens (including phenoxy) is 1. The molecule has 1 atom stereocenters. The van der Waals surface area contributed by atoms with Gasteiger partial charge in [0, 0.05) is 19.0 Å². The number of rotatable bonds is 6. The third kappa shape index (κ3) is 3.87. The summed E-state index contributed by atoms with van der Waals surface area (Å²) in [5, 5.41) is 2.67. The van der Waals surface area contributed by atoms with Crippen LogP contribution in [-0.4, -0.2) is 67.0 Å². The molecule has 1 amide bonds. The average molecular weight is 380 g/mol. The van der Waals surface area contributed by atoms with Gasteiger partial charge in [0.15, 0.2) is 11.5 Å². The first kappa shape index (κ1) is 18.1. The Balaban J connectivity index is 1.55. The third-order valence-corrected chi connectivity index (χ3v) is 5.14. The smallest absolute Gasteiger partial charge is 0.282 e. The van der Waals surface area contributed by atoms with Gasteiger partial charge in [-0.2, -0.15) is 0 Å². The number of hydrogen-bond acceptors (Lipinski definition) is 6. The first-order valence-electron chi connectivity index (χ1n) is 9.13. The van der Waals surface area contributed by atoms with Crippen molar-refractivity contribution in [1.82, 2.24) is 15.2 Å². The number of likely N-dealkylation sites (N-methyl/N-ethyl adjacent to an activating group) is 1. The molecule has 0 bridgehead atoms. The van der Waals surface area contributed by atoms with E-state index in [0.717, 1.165) is 12.8 Å². The quantitative estimate of drug-likeness (QED) is 0.802. The van der Waals surface area contributed by atoms with Gasteiger partial charge in [0.2, 0.25) is 5.88 Å². The number of halogens is 2. The second-order valence-corrected chi connectivity index (χ2v) is 7.56. The summed E-state index contributed by atoms with van der Waals surface area (Å²) in [6.45, 7) is 0.172. The van der Waals surface area contributed by atoms with Crippen LogP contribution in [0.25, 0.3) is 0 Å². The lowest BCUT2D eigenvalue weighted by Gasteiger charge is -2.40. The molecule has 1 aromatic rings. The zero-order valence-corrected chi connectivity index (χ0v) is 15.1. The van der Waals surface area contributed by atoms with Crippen LogP contribution in [-0.2, 0) is 4.79 Å². The van der Waals surface area contributed by atoms with Crippen molar-refractivity contribution in [3.05, 3.63) is 17.8 Å². The van der Waals surface area contributed by atoms with Crippen molar-refractivity contribution in [2.75, 3.05) is 38.2 Å². The number of anilines is 1. The molecule has 1 N–H and O–H groups in total. The minimum Gasteiger partial charge on any atom is -0.477 e. The molecule has 2 aliphatic heterocycles. The van der Waals surface area contributed by atoms with E-state index < -0.39 is 31.1 Å². The molecule has 3 fully saturated rings. The summed E-state index contributed by atoms with van der Waals surface area (Å²) in [5.41, 5.74) is 0.331. The van der Waals surface area contributed by atoms with Gasteiger partial charge in [0.1, 0.15) is 6.17 Å². The van der Waals surface area contributed by atoms with E-state index in [1.807, 2.05) is 0 Å². The molecule has 0 spiro atoms. The van der Waals surface area contributed by atoms with Crippen LogP contribution in [0.5, 0.6) is 5.88 Å². The van der Waals surface area contributed by atoms with Gasteiger partial charge < -0.3 is 15.0 Å². The van der Waals surface area contributed by atoms with Crippen LogP contribution >= 0.6 is 0 Å². The minimum absolute atomic E-state index is 0.00639. The molecule has 4 rings (SSSR count). The van der Waals surface area contributed by atoms with Crippen molar-refractivity contribution in [3.8, 4) is 5.88 Å². The summed E-state index contributed by atoms with van der Waals surface area (Å²) in [4.78, 5) is 32.2. The highest BCUT2D eigenvalue weighted by Gasteiger charge is 2.45. The first-order chi connectivity index (χ1) is 12.8. The molecule has 0 radical (unpaired) electrons. The molecule has 146 valence electrons. The Labute approximate surface area is 155 Å². The molecular weight excluding hydrogens is 358 g/mol. The Morgan fingerprint density at radius 1 is 1.37 bits per heavy atom. The standard InChI is InChI=1S/C18H22F2N4O3/c1-23-7-6-13(25)16(23)22-17(26)15-12(24-9-18(19,20)10-24)4-5-14(21-15)27-8-11-2-3-11/h4-5,11,16H,2-3,6-10H2,1H3,(H,22,26). The highest BCUT2D eigenvalue weighted by Crippen LogP contribution is 2.35. The lowest BCUT2D eigenvalue weighted by atomic mass is 10.1. The molecule has 1 aliphatic carbocycles. The SMILES string of the molecule is CN1CCC(=O)C1NC(=O)c1nc(OCC2CC2)ccc1N1CC(F)(F)C1. The van der Waals surface area contributed by atoms with Gasteiger partial charge in [0.25, 0.3) is 11.8 Å². The number of amides is 1. The number of aromatic nitrogens is 1. The Morgan fingerprint density at radius 2 is 2.11 bits per heavy atom. The monoisotopic (exact) mass is 380 g/mol. The van der Waals surface area contributed by atoms with E-state index in [2.05, 4.69) is 10.3 Å². The van der Waals surface area contributed by atoms with Gasteiger partial charge in [-0.25, -0.2) is 13.8 Å². The number of carbonyl (C=O) groups is 2. The molecule has 3 heterocycles. The average Bonchev–Trinajstić information content (AvgIpc) is 3.39. The van der Waals surface area contributed by atoms with E-state index in [0.29, 0.717) is 31.2 Å². The van der Waals surface area contributed by atoms with E-state index in [-0.39, 0.29) is 17.4 Å². The lowest BCUT2D eigenvalue weighted by Crippen LogP contribution is -2.57. The number of hydrogen-bond donors (Lipinski definition) is 1. The number of pyridine rings is 1. The number of nitrogens with one attached hydrogen (secondary N) is 1. The van der Waals surface area contributed by atoms with E-state index in [1.165, 1.54) is 4.90 Å². The fourth-order valence-electron chi connectivity index (χ4n) is 3.29. The van der Waals surface area contributed by atoms with Gasteiger partial charge in [-0.1, -0.05) is 0 Å². The number of nitrogens with zero attached hydrogens (tertiary/aromatic N) is 3. The normalized spacial score (nSPS) is 24.6. The van der Waals surface area contributed by atoms with Crippen molar-refractivity contribution in [2.45, 2.75) is 31.4 Å². The number of likely N-dealkylation sites (tertiary alicyclic amines) is 1. The van der Waals surface area contributed by atoms with Crippen molar-refractivity contribution < 1.29 is 23.1 Å². The number of carbonyl (C=O) groups excluding carboxylic acids is 2. The molecule has 1 saturated carbocycles. The highest BCUT2D eigenvalue weighted by molar-refractivity contribution is 6.01. The maximum absolute atomic E-state index is 13.3. The zero-order valence-electron chi connectivity index (χ0n) is 15.1. The minimum atomic E-state index is -2.77. The fraction of sp³-hybridized carbons (Fsp3) is 0.611. The number of Topliss-reactive ketones (excluding diaryl/α,β-unsaturated/α-hetero) is 1. The van der Waals surface area contributed by atoms with Crippen molar-refractivity contribution in [3.63, 3.8) is 0 Å². The Kier molecular flexibility index (Phi) is 4.49. The van der Waals surface area contributed by atoms with Crippen LogP contribution in [0.4, 0.5) is 14.5 Å². The summed E-state index contributed by atoms with van der Waals surface area (Å²) < 4.78 is 32.2. The number of alkyl halides is 2. The Bertz CT molecular complexity index is 761. The Morgan fingerprint density at radius 3 is 2.70 bits per heavy atom. The maximum Gasteiger partial charge on any atom is 0.282 e. The molecular formula is C18H22F2N4O3. The van der Waals surface area contributed by atoms with Crippen LogP contribution in [0.1, 0.15) is 29.8 Å². The lowest BCUT2D eigenvalue weighted by molar-refractivity contribution is -0.120. The number of ketones is 1. The summed E-state index contributed by atoms with van der Waals surface area (Å²) in [7, 11) is 1.75. The van der Waals surface area contributed by atoms with Crippen molar-refractivity contribution in [1.29, 1.82) is 0 Å². The summed E-state index contributed by atoms with van der Waals surface area (Å²) >= 11 is 0. The van der Waals surface area contributed by atoms with E-state index >= 15 is 0 Å². The zero-order chi connectivity index (χ0) is 19.2. The summed E-state index contributed by atoms with van der Waals surface area (Å²) in [5.74, 6) is -2.61.